The molecule has 0 aromatic heterocycles. The van der Waals surface area contributed by atoms with Gasteiger partial charge in [-0.05, 0) is 46.2 Å². The molecule has 0 radical (unpaired) electrons. The number of carbonyl (C=O) groups excluding carboxylic acids is 1. The maximum Gasteiger partial charge on any atom is 0.136 e. The van der Waals surface area contributed by atoms with Crippen LogP contribution in [0.4, 0.5) is 0 Å². The minimum absolute atomic E-state index is 0.288. The van der Waals surface area contributed by atoms with Gasteiger partial charge in [-0.3, -0.25) is 4.79 Å². The van der Waals surface area contributed by atoms with E-state index in [0.29, 0.717) is 12.3 Å². The van der Waals surface area contributed by atoms with Crippen molar-refractivity contribution in [2.45, 2.75) is 52.1 Å². The average molecular weight is 227 g/mol. The van der Waals surface area contributed by atoms with Crippen LogP contribution in [0.3, 0.4) is 0 Å². The first kappa shape index (κ1) is 13.7. The van der Waals surface area contributed by atoms with Crippen LogP contribution in [-0.4, -0.2) is 41.0 Å². The maximum atomic E-state index is 11.5. The number of rotatable bonds is 6. The van der Waals surface area contributed by atoms with Crippen LogP contribution in [0, 0.1) is 5.92 Å². The van der Waals surface area contributed by atoms with Crippen LogP contribution >= 0.6 is 0 Å². The van der Waals surface area contributed by atoms with Crippen LogP contribution < -0.4 is 0 Å². The van der Waals surface area contributed by atoms with E-state index in [1.807, 2.05) is 13.8 Å². The summed E-state index contributed by atoms with van der Waals surface area (Å²) >= 11 is 0. The molecule has 0 aromatic carbocycles. The Morgan fingerprint density at radius 1 is 1.50 bits per heavy atom. The van der Waals surface area contributed by atoms with Crippen molar-refractivity contribution in [3.05, 3.63) is 0 Å². The zero-order valence-electron chi connectivity index (χ0n) is 10.8. The molecule has 0 aliphatic heterocycles. The molecule has 0 heterocycles. The second-order valence-corrected chi connectivity index (χ2v) is 5.53. The maximum absolute atomic E-state index is 11.5. The van der Waals surface area contributed by atoms with Crippen molar-refractivity contribution >= 4 is 5.78 Å². The van der Waals surface area contributed by atoms with E-state index in [9.17, 15) is 9.90 Å². The molecule has 0 aromatic rings. The van der Waals surface area contributed by atoms with Crippen LogP contribution in [0.5, 0.6) is 0 Å². The Bertz CT molecular complexity index is 233. The lowest BCUT2D eigenvalue weighted by atomic mass is 10.0. The molecule has 0 spiro atoms. The van der Waals surface area contributed by atoms with E-state index < -0.39 is 5.60 Å². The van der Waals surface area contributed by atoms with E-state index in [4.69, 9.17) is 0 Å². The van der Waals surface area contributed by atoms with Gasteiger partial charge >= 0.3 is 0 Å². The molecule has 3 heteroatoms. The molecular formula is C13H25NO2. The van der Waals surface area contributed by atoms with Crippen LogP contribution in [0.1, 0.15) is 46.5 Å². The van der Waals surface area contributed by atoms with E-state index >= 15 is 0 Å². The normalized spacial score (nSPS) is 22.1. The molecule has 94 valence electrons. The van der Waals surface area contributed by atoms with Gasteiger partial charge in [0.1, 0.15) is 5.78 Å². The average Bonchev–Trinajstić information content (AvgIpc) is 2.57. The predicted molar refractivity (Wildman–Crippen MR) is 65.4 cm³/mol. The summed E-state index contributed by atoms with van der Waals surface area (Å²) in [7, 11) is 0. The third-order valence-electron chi connectivity index (χ3n) is 3.28. The molecule has 1 fully saturated rings. The third kappa shape index (κ3) is 4.62. The van der Waals surface area contributed by atoms with Gasteiger partial charge in [-0.2, -0.15) is 0 Å². The Hall–Kier alpha value is -0.410. The number of hydrogen-bond acceptors (Lipinski definition) is 3. The fraction of sp³-hybridized carbons (Fsp3) is 0.923. The fourth-order valence-corrected chi connectivity index (χ4v) is 2.43. The summed E-state index contributed by atoms with van der Waals surface area (Å²) in [5.41, 5.74) is -0.643. The lowest BCUT2D eigenvalue weighted by Gasteiger charge is -2.28. The van der Waals surface area contributed by atoms with Crippen LogP contribution in [0.25, 0.3) is 0 Å². The summed E-state index contributed by atoms with van der Waals surface area (Å²) < 4.78 is 0. The summed E-state index contributed by atoms with van der Waals surface area (Å²) in [4.78, 5) is 13.7. The quantitative estimate of drug-likeness (QED) is 0.752. The SMILES string of the molecule is CCN(CCC1CCCC1=O)CC(C)(C)O. The summed E-state index contributed by atoms with van der Waals surface area (Å²) in [5, 5.41) is 9.75. The van der Waals surface area contributed by atoms with Crippen molar-refractivity contribution < 1.29 is 9.90 Å². The van der Waals surface area contributed by atoms with Gasteiger partial charge in [-0.15, -0.1) is 0 Å². The molecule has 1 rings (SSSR count). The Morgan fingerprint density at radius 3 is 2.62 bits per heavy atom. The Morgan fingerprint density at radius 2 is 2.19 bits per heavy atom. The van der Waals surface area contributed by atoms with Gasteiger partial charge in [0.15, 0.2) is 0 Å². The van der Waals surface area contributed by atoms with Gasteiger partial charge < -0.3 is 10.0 Å². The molecule has 1 unspecified atom stereocenters. The lowest BCUT2D eigenvalue weighted by molar-refractivity contribution is -0.120. The van der Waals surface area contributed by atoms with Gasteiger partial charge in [0.25, 0.3) is 0 Å². The minimum Gasteiger partial charge on any atom is -0.389 e. The van der Waals surface area contributed by atoms with E-state index in [-0.39, 0.29) is 5.92 Å². The summed E-state index contributed by atoms with van der Waals surface area (Å²) in [5.74, 6) is 0.732. The molecule has 16 heavy (non-hydrogen) atoms. The lowest BCUT2D eigenvalue weighted by Crippen LogP contribution is -2.39. The first-order valence-corrected chi connectivity index (χ1v) is 6.40. The highest BCUT2D eigenvalue weighted by Gasteiger charge is 2.25. The zero-order valence-corrected chi connectivity index (χ0v) is 10.8. The fourth-order valence-electron chi connectivity index (χ4n) is 2.43. The molecule has 0 bridgehead atoms. The van der Waals surface area contributed by atoms with E-state index in [1.54, 1.807) is 0 Å². The van der Waals surface area contributed by atoms with Crippen molar-refractivity contribution in [3.63, 3.8) is 0 Å². The second kappa shape index (κ2) is 5.78. The van der Waals surface area contributed by atoms with Crippen molar-refractivity contribution in [2.75, 3.05) is 19.6 Å². The first-order valence-electron chi connectivity index (χ1n) is 6.40. The Balaban J connectivity index is 2.31. The van der Waals surface area contributed by atoms with Gasteiger partial charge in [0.05, 0.1) is 5.60 Å². The molecule has 0 saturated heterocycles. The van der Waals surface area contributed by atoms with Crippen molar-refractivity contribution in [3.8, 4) is 0 Å². The van der Waals surface area contributed by atoms with E-state index in [2.05, 4.69) is 11.8 Å². The Kier molecular flexibility index (Phi) is 4.93. The molecule has 1 saturated carbocycles. The number of hydrogen-bond donors (Lipinski definition) is 1. The zero-order chi connectivity index (χ0) is 12.2. The number of Topliss-reactive ketones (excluding diaryl/α,β-unsaturated/α-hetero) is 1. The molecular weight excluding hydrogens is 202 g/mol. The summed E-state index contributed by atoms with van der Waals surface area (Å²) in [6.07, 6.45) is 3.88. The van der Waals surface area contributed by atoms with E-state index in [0.717, 1.165) is 38.8 Å². The number of carbonyl (C=O) groups is 1. The molecule has 0 amide bonds. The highest BCUT2D eigenvalue weighted by atomic mass is 16.3. The van der Waals surface area contributed by atoms with Crippen molar-refractivity contribution in [1.82, 2.24) is 4.90 Å². The first-order chi connectivity index (χ1) is 7.42. The molecule has 1 aliphatic rings. The topological polar surface area (TPSA) is 40.5 Å². The van der Waals surface area contributed by atoms with E-state index in [1.165, 1.54) is 0 Å². The van der Waals surface area contributed by atoms with Crippen LogP contribution in [0.15, 0.2) is 0 Å². The third-order valence-corrected chi connectivity index (χ3v) is 3.28. The van der Waals surface area contributed by atoms with Crippen LogP contribution in [0.2, 0.25) is 0 Å². The van der Waals surface area contributed by atoms with Crippen molar-refractivity contribution in [1.29, 1.82) is 0 Å². The number of aliphatic hydroxyl groups is 1. The molecule has 3 nitrogen and oxygen atoms in total. The highest BCUT2D eigenvalue weighted by Crippen LogP contribution is 2.24. The monoisotopic (exact) mass is 227 g/mol. The standard InChI is InChI=1S/C13H25NO2/c1-4-14(10-13(2,3)16)9-8-11-6-5-7-12(11)15/h11,16H,4-10H2,1-3H3. The molecule has 1 N–H and O–H groups in total. The highest BCUT2D eigenvalue weighted by molar-refractivity contribution is 5.82. The summed E-state index contributed by atoms with van der Waals surface area (Å²) in [6.45, 7) is 8.31. The van der Waals surface area contributed by atoms with Gasteiger partial charge in [0.2, 0.25) is 0 Å². The van der Waals surface area contributed by atoms with Gasteiger partial charge in [-0.1, -0.05) is 6.92 Å². The number of nitrogens with zero attached hydrogens (tertiary/aromatic N) is 1. The van der Waals surface area contributed by atoms with Gasteiger partial charge in [0, 0.05) is 18.9 Å². The number of likely N-dealkylation sites (N-methyl/N-ethyl adjacent to an activating group) is 1. The molecule has 1 atom stereocenters. The largest absolute Gasteiger partial charge is 0.389 e. The van der Waals surface area contributed by atoms with Crippen molar-refractivity contribution in [2.24, 2.45) is 5.92 Å². The van der Waals surface area contributed by atoms with Gasteiger partial charge in [-0.25, -0.2) is 0 Å². The number of ketones is 1. The van der Waals surface area contributed by atoms with Crippen LogP contribution in [-0.2, 0) is 4.79 Å². The second-order valence-electron chi connectivity index (χ2n) is 5.53. The minimum atomic E-state index is -0.643. The smallest absolute Gasteiger partial charge is 0.136 e. The summed E-state index contributed by atoms with van der Waals surface area (Å²) in [6, 6.07) is 0. The predicted octanol–water partition coefficient (Wildman–Crippen LogP) is 1.84. The molecule has 1 aliphatic carbocycles. The Labute approximate surface area is 98.8 Å².